The molecule has 2 aromatic carbocycles. The van der Waals surface area contributed by atoms with Crippen molar-refractivity contribution in [1.82, 2.24) is 4.98 Å². The van der Waals surface area contributed by atoms with Crippen molar-refractivity contribution in [3.63, 3.8) is 0 Å². The molecule has 122 valence electrons. The van der Waals surface area contributed by atoms with Crippen molar-refractivity contribution in [1.29, 1.82) is 0 Å². The minimum absolute atomic E-state index is 0.0158. The Labute approximate surface area is 146 Å². The van der Waals surface area contributed by atoms with Crippen molar-refractivity contribution in [3.8, 4) is 0 Å². The van der Waals surface area contributed by atoms with E-state index < -0.39 is 5.41 Å². The standard InChI is InChI=1S/C20H20N2OS/c1-20(2,3)19(23)22-16-11-12-17(15-10-7-13-21-18(15)16)24-14-8-5-4-6-9-14/h4-13H,1-3H3,(H,22,23). The topological polar surface area (TPSA) is 42.0 Å². The first-order chi connectivity index (χ1) is 11.4. The van der Waals surface area contributed by atoms with Crippen LogP contribution in [0.4, 0.5) is 5.69 Å². The lowest BCUT2D eigenvalue weighted by Gasteiger charge is -2.19. The first-order valence-corrected chi connectivity index (χ1v) is 8.69. The molecule has 3 rings (SSSR count). The highest BCUT2D eigenvalue weighted by Gasteiger charge is 2.22. The number of hydrogen-bond donors (Lipinski definition) is 1. The van der Waals surface area contributed by atoms with E-state index in [0.29, 0.717) is 0 Å². The Kier molecular flexibility index (Phi) is 4.58. The molecule has 1 heterocycles. The summed E-state index contributed by atoms with van der Waals surface area (Å²) < 4.78 is 0. The van der Waals surface area contributed by atoms with Gasteiger partial charge in [-0.25, -0.2) is 0 Å². The monoisotopic (exact) mass is 336 g/mol. The lowest BCUT2D eigenvalue weighted by atomic mass is 9.95. The van der Waals surface area contributed by atoms with E-state index in [2.05, 4.69) is 22.4 Å². The number of rotatable bonds is 3. The average Bonchev–Trinajstić information content (AvgIpc) is 2.57. The van der Waals surface area contributed by atoms with Gasteiger partial charge in [0.15, 0.2) is 0 Å². The van der Waals surface area contributed by atoms with Crippen LogP contribution in [0.3, 0.4) is 0 Å². The molecule has 0 radical (unpaired) electrons. The van der Waals surface area contributed by atoms with Crippen molar-refractivity contribution in [2.24, 2.45) is 5.41 Å². The van der Waals surface area contributed by atoms with Crippen LogP contribution < -0.4 is 5.32 Å². The van der Waals surface area contributed by atoms with Crippen molar-refractivity contribution >= 4 is 34.3 Å². The number of nitrogens with one attached hydrogen (secondary N) is 1. The van der Waals surface area contributed by atoms with Crippen LogP contribution in [-0.4, -0.2) is 10.9 Å². The summed E-state index contributed by atoms with van der Waals surface area (Å²) in [4.78, 5) is 19.1. The predicted octanol–water partition coefficient (Wildman–Crippen LogP) is 5.37. The van der Waals surface area contributed by atoms with Crippen LogP contribution in [0.25, 0.3) is 10.9 Å². The number of fused-ring (bicyclic) bond motifs is 1. The molecule has 0 fully saturated rings. The van der Waals surface area contributed by atoms with Crippen molar-refractivity contribution in [2.45, 2.75) is 30.6 Å². The molecular weight excluding hydrogens is 316 g/mol. The third-order valence-corrected chi connectivity index (χ3v) is 4.71. The molecule has 4 heteroatoms. The van der Waals surface area contributed by atoms with Crippen LogP contribution in [0.15, 0.2) is 70.6 Å². The second-order valence-corrected chi connectivity index (χ2v) is 7.75. The summed E-state index contributed by atoms with van der Waals surface area (Å²) in [5, 5.41) is 4.05. The van der Waals surface area contributed by atoms with Crippen LogP contribution in [0.2, 0.25) is 0 Å². The van der Waals surface area contributed by atoms with Gasteiger partial charge in [-0.2, -0.15) is 0 Å². The number of carbonyl (C=O) groups is 1. The third kappa shape index (κ3) is 3.60. The zero-order valence-corrected chi connectivity index (χ0v) is 14.9. The van der Waals surface area contributed by atoms with E-state index in [-0.39, 0.29) is 5.91 Å². The third-order valence-electron chi connectivity index (χ3n) is 3.63. The second-order valence-electron chi connectivity index (χ2n) is 6.63. The molecule has 1 N–H and O–H groups in total. The molecule has 3 aromatic rings. The molecule has 1 amide bonds. The van der Waals surface area contributed by atoms with E-state index in [1.54, 1.807) is 18.0 Å². The number of pyridine rings is 1. The van der Waals surface area contributed by atoms with Gasteiger partial charge >= 0.3 is 0 Å². The smallest absolute Gasteiger partial charge is 0.229 e. The molecule has 3 nitrogen and oxygen atoms in total. The van der Waals surface area contributed by atoms with Crippen LogP contribution in [0.5, 0.6) is 0 Å². The van der Waals surface area contributed by atoms with Gasteiger partial charge in [0.1, 0.15) is 0 Å². The van der Waals surface area contributed by atoms with Gasteiger partial charge < -0.3 is 5.32 Å². The van der Waals surface area contributed by atoms with Gasteiger partial charge in [-0.15, -0.1) is 0 Å². The van der Waals surface area contributed by atoms with E-state index in [1.165, 1.54) is 4.90 Å². The maximum atomic E-state index is 12.3. The molecule has 0 aliphatic heterocycles. The Morgan fingerprint density at radius 2 is 1.75 bits per heavy atom. The highest BCUT2D eigenvalue weighted by atomic mass is 32.2. The molecule has 0 aliphatic rings. The Balaban J connectivity index is 2.00. The fraction of sp³-hybridized carbons (Fsp3) is 0.200. The zero-order valence-electron chi connectivity index (χ0n) is 14.0. The average molecular weight is 336 g/mol. The number of benzene rings is 2. The van der Waals surface area contributed by atoms with Crippen LogP contribution in [0.1, 0.15) is 20.8 Å². The van der Waals surface area contributed by atoms with Gasteiger partial charge in [0, 0.05) is 26.8 Å². The molecule has 24 heavy (non-hydrogen) atoms. The number of amides is 1. The van der Waals surface area contributed by atoms with E-state index in [0.717, 1.165) is 21.5 Å². The number of anilines is 1. The van der Waals surface area contributed by atoms with Gasteiger partial charge in [-0.05, 0) is 30.3 Å². The van der Waals surface area contributed by atoms with Crippen LogP contribution in [0, 0.1) is 5.41 Å². The molecule has 0 unspecified atom stereocenters. The zero-order chi connectivity index (χ0) is 17.2. The lowest BCUT2D eigenvalue weighted by Crippen LogP contribution is -2.27. The van der Waals surface area contributed by atoms with Crippen molar-refractivity contribution < 1.29 is 4.79 Å². The Bertz CT molecular complexity index is 870. The van der Waals surface area contributed by atoms with Crippen molar-refractivity contribution in [2.75, 3.05) is 5.32 Å². The van der Waals surface area contributed by atoms with Crippen molar-refractivity contribution in [3.05, 3.63) is 60.8 Å². The number of aromatic nitrogens is 1. The predicted molar refractivity (Wildman–Crippen MR) is 100 cm³/mol. The maximum Gasteiger partial charge on any atom is 0.229 e. The normalized spacial score (nSPS) is 11.5. The Hall–Kier alpha value is -2.33. The molecule has 0 spiro atoms. The van der Waals surface area contributed by atoms with E-state index >= 15 is 0 Å². The summed E-state index contributed by atoms with van der Waals surface area (Å²) >= 11 is 1.70. The first kappa shape index (κ1) is 16.5. The molecule has 1 aromatic heterocycles. The van der Waals surface area contributed by atoms with Crippen LogP contribution >= 0.6 is 11.8 Å². The summed E-state index contributed by atoms with van der Waals surface area (Å²) in [5.74, 6) is -0.0158. The minimum atomic E-state index is -0.446. The molecule has 0 atom stereocenters. The molecule has 0 saturated carbocycles. The maximum absolute atomic E-state index is 12.3. The summed E-state index contributed by atoms with van der Waals surface area (Å²) in [6.07, 6.45) is 1.76. The van der Waals surface area contributed by atoms with Gasteiger partial charge in [0.25, 0.3) is 0 Å². The van der Waals surface area contributed by atoms with Gasteiger partial charge in [-0.3, -0.25) is 9.78 Å². The molecule has 0 bridgehead atoms. The fourth-order valence-electron chi connectivity index (χ4n) is 2.26. The Morgan fingerprint density at radius 3 is 2.46 bits per heavy atom. The quantitative estimate of drug-likeness (QED) is 0.699. The highest BCUT2D eigenvalue weighted by Crippen LogP contribution is 2.36. The molecule has 0 saturated heterocycles. The fourth-order valence-corrected chi connectivity index (χ4v) is 3.22. The minimum Gasteiger partial charge on any atom is -0.324 e. The van der Waals surface area contributed by atoms with E-state index in [9.17, 15) is 4.79 Å². The SMILES string of the molecule is CC(C)(C)C(=O)Nc1ccc(Sc2ccccc2)c2cccnc12. The van der Waals surface area contributed by atoms with E-state index in [4.69, 9.17) is 0 Å². The van der Waals surface area contributed by atoms with Gasteiger partial charge in [0.05, 0.1) is 11.2 Å². The number of nitrogens with zero attached hydrogens (tertiary/aromatic N) is 1. The van der Waals surface area contributed by atoms with E-state index in [1.807, 2.05) is 63.2 Å². The summed E-state index contributed by atoms with van der Waals surface area (Å²) in [5.41, 5.74) is 1.12. The summed E-state index contributed by atoms with van der Waals surface area (Å²) in [6.45, 7) is 5.70. The molecule has 0 aliphatic carbocycles. The lowest BCUT2D eigenvalue weighted by molar-refractivity contribution is -0.123. The number of hydrogen-bond acceptors (Lipinski definition) is 3. The molecular formula is C20H20N2OS. The van der Waals surface area contributed by atoms with Crippen LogP contribution in [-0.2, 0) is 4.79 Å². The summed E-state index contributed by atoms with van der Waals surface area (Å²) in [7, 11) is 0. The highest BCUT2D eigenvalue weighted by molar-refractivity contribution is 7.99. The summed E-state index contributed by atoms with van der Waals surface area (Å²) in [6, 6.07) is 18.2. The first-order valence-electron chi connectivity index (χ1n) is 7.87. The second kappa shape index (κ2) is 6.65. The van der Waals surface area contributed by atoms with Gasteiger partial charge in [0.2, 0.25) is 5.91 Å². The Morgan fingerprint density at radius 1 is 1.00 bits per heavy atom. The van der Waals surface area contributed by atoms with Gasteiger partial charge in [-0.1, -0.05) is 56.8 Å². The number of carbonyl (C=O) groups excluding carboxylic acids is 1. The largest absolute Gasteiger partial charge is 0.324 e.